The van der Waals surface area contributed by atoms with Gasteiger partial charge >= 0.3 is 0 Å². The first-order chi connectivity index (χ1) is 11.4. The van der Waals surface area contributed by atoms with Gasteiger partial charge in [-0.1, -0.05) is 66.8 Å². The van der Waals surface area contributed by atoms with Crippen molar-refractivity contribution in [1.29, 1.82) is 0 Å². The van der Waals surface area contributed by atoms with E-state index in [1.165, 1.54) is 36.5 Å². The third-order valence-corrected chi connectivity index (χ3v) is 6.58. The third-order valence-electron chi connectivity index (χ3n) is 6.58. The number of hydrogen-bond donors (Lipinski definition) is 0. The van der Waals surface area contributed by atoms with Gasteiger partial charge in [-0.3, -0.25) is 0 Å². The van der Waals surface area contributed by atoms with Crippen LogP contribution in [0.4, 0.5) is 0 Å². The highest BCUT2D eigenvalue weighted by Crippen LogP contribution is 2.58. The second-order valence-electron chi connectivity index (χ2n) is 7.63. The molecule has 0 spiro atoms. The monoisotopic (exact) mass is 300 g/mol. The van der Waals surface area contributed by atoms with E-state index in [1.54, 1.807) is 5.56 Å². The minimum absolute atomic E-state index is 0.683. The normalized spacial score (nSPS) is 35.2. The van der Waals surface area contributed by atoms with E-state index in [0.29, 0.717) is 5.92 Å². The van der Waals surface area contributed by atoms with Crippen molar-refractivity contribution >= 4 is 10.8 Å². The Balaban J connectivity index is 1.63. The van der Waals surface area contributed by atoms with Crippen molar-refractivity contribution in [2.75, 3.05) is 0 Å². The lowest BCUT2D eigenvalue weighted by atomic mass is 9.77. The Hall–Kier alpha value is -1.82. The lowest BCUT2D eigenvalue weighted by molar-refractivity contribution is 0.276. The van der Waals surface area contributed by atoms with E-state index in [1.807, 2.05) is 0 Å². The van der Waals surface area contributed by atoms with Gasteiger partial charge in [-0.15, -0.1) is 0 Å². The molecule has 0 heterocycles. The molecule has 1 saturated carbocycles. The fourth-order valence-electron chi connectivity index (χ4n) is 5.64. The highest BCUT2D eigenvalue weighted by atomic mass is 14.5. The van der Waals surface area contributed by atoms with Crippen LogP contribution in [0.15, 0.2) is 66.8 Å². The summed E-state index contributed by atoms with van der Waals surface area (Å²) in [7, 11) is 0. The predicted molar refractivity (Wildman–Crippen MR) is 97.4 cm³/mol. The van der Waals surface area contributed by atoms with Crippen LogP contribution in [-0.2, 0) is 0 Å². The SMILES string of the molecule is C1=C[C@H]2C(c3ccc4ccccc4c3)[C@@H]3C=CCC[C@H]3[C@H]2CC1. The van der Waals surface area contributed by atoms with E-state index in [9.17, 15) is 0 Å². The first-order valence-corrected chi connectivity index (χ1v) is 9.24. The van der Waals surface area contributed by atoms with Crippen LogP contribution in [-0.4, -0.2) is 0 Å². The Kier molecular flexibility index (Phi) is 3.18. The first kappa shape index (κ1) is 13.6. The predicted octanol–water partition coefficient (Wildman–Crippen LogP) is 6.10. The number of rotatable bonds is 1. The van der Waals surface area contributed by atoms with Crippen LogP contribution < -0.4 is 0 Å². The van der Waals surface area contributed by atoms with E-state index < -0.39 is 0 Å². The van der Waals surface area contributed by atoms with Gasteiger partial charge in [0.1, 0.15) is 0 Å². The maximum absolute atomic E-state index is 2.56. The van der Waals surface area contributed by atoms with Crippen LogP contribution in [0.1, 0.15) is 37.2 Å². The van der Waals surface area contributed by atoms with E-state index in [0.717, 1.165) is 23.7 Å². The van der Waals surface area contributed by atoms with Crippen LogP contribution in [0.5, 0.6) is 0 Å². The van der Waals surface area contributed by atoms with Crippen molar-refractivity contribution in [1.82, 2.24) is 0 Å². The number of fused-ring (bicyclic) bond motifs is 4. The highest BCUT2D eigenvalue weighted by molar-refractivity contribution is 5.83. The van der Waals surface area contributed by atoms with Gasteiger partial charge in [0.15, 0.2) is 0 Å². The van der Waals surface area contributed by atoms with Crippen LogP contribution in [0.3, 0.4) is 0 Å². The van der Waals surface area contributed by atoms with Crippen molar-refractivity contribution in [2.24, 2.45) is 23.7 Å². The van der Waals surface area contributed by atoms with Gasteiger partial charge in [0, 0.05) is 0 Å². The molecule has 0 N–H and O–H groups in total. The first-order valence-electron chi connectivity index (χ1n) is 9.24. The van der Waals surface area contributed by atoms with Gasteiger partial charge in [-0.05, 0) is 71.6 Å². The molecular formula is C23H24. The van der Waals surface area contributed by atoms with E-state index in [2.05, 4.69) is 66.8 Å². The topological polar surface area (TPSA) is 0 Å². The minimum Gasteiger partial charge on any atom is -0.0882 e. The average Bonchev–Trinajstić information content (AvgIpc) is 2.96. The standard InChI is InChI=1S/C23H24/c1-2-8-17-15-18(14-13-16(17)7-1)23-21-11-5-3-9-19(21)20-10-4-6-12-22(20)23/h1-2,5-8,11-15,19-23H,3-4,9-10H2/t19-,20+,21-,22-,23?/m1/s1. The van der Waals surface area contributed by atoms with Crippen molar-refractivity contribution in [2.45, 2.75) is 31.6 Å². The quantitative estimate of drug-likeness (QED) is 0.558. The zero-order valence-electron chi connectivity index (χ0n) is 13.6. The molecule has 1 unspecified atom stereocenters. The molecule has 3 aliphatic carbocycles. The third kappa shape index (κ3) is 2.11. The van der Waals surface area contributed by atoms with Crippen molar-refractivity contribution in [3.63, 3.8) is 0 Å². The molecule has 1 fully saturated rings. The zero-order valence-corrected chi connectivity index (χ0v) is 13.6. The molecule has 0 aromatic heterocycles. The second-order valence-corrected chi connectivity index (χ2v) is 7.63. The molecular weight excluding hydrogens is 276 g/mol. The molecule has 0 radical (unpaired) electrons. The van der Waals surface area contributed by atoms with Gasteiger partial charge in [-0.2, -0.15) is 0 Å². The van der Waals surface area contributed by atoms with Crippen molar-refractivity contribution in [3.05, 3.63) is 72.3 Å². The van der Waals surface area contributed by atoms with Crippen molar-refractivity contribution < 1.29 is 0 Å². The van der Waals surface area contributed by atoms with E-state index >= 15 is 0 Å². The summed E-state index contributed by atoms with van der Waals surface area (Å²) in [5.74, 6) is 4.01. The molecule has 5 rings (SSSR count). The maximum Gasteiger partial charge on any atom is -0.00303 e. The Morgan fingerprint density at radius 3 is 2.04 bits per heavy atom. The Morgan fingerprint density at radius 2 is 1.35 bits per heavy atom. The van der Waals surface area contributed by atoms with Crippen LogP contribution >= 0.6 is 0 Å². The van der Waals surface area contributed by atoms with Gasteiger partial charge in [0.2, 0.25) is 0 Å². The number of benzene rings is 2. The fourth-order valence-corrected chi connectivity index (χ4v) is 5.64. The molecule has 0 bridgehead atoms. The summed E-state index contributed by atoms with van der Waals surface area (Å²) in [6.45, 7) is 0. The molecule has 2 aromatic rings. The molecule has 0 heteroatoms. The molecule has 0 aliphatic heterocycles. The smallest absolute Gasteiger partial charge is 0.00303 e. The van der Waals surface area contributed by atoms with Crippen LogP contribution in [0, 0.1) is 23.7 Å². The minimum atomic E-state index is 0.683. The largest absolute Gasteiger partial charge is 0.0882 e. The molecule has 5 atom stereocenters. The Bertz CT molecular complexity index is 753. The van der Waals surface area contributed by atoms with Gasteiger partial charge < -0.3 is 0 Å². The van der Waals surface area contributed by atoms with Gasteiger partial charge in [0.25, 0.3) is 0 Å². The molecule has 116 valence electrons. The molecule has 0 amide bonds. The summed E-state index contributed by atoms with van der Waals surface area (Å²) >= 11 is 0. The average molecular weight is 300 g/mol. The molecule has 23 heavy (non-hydrogen) atoms. The maximum atomic E-state index is 2.56. The van der Waals surface area contributed by atoms with Crippen LogP contribution in [0.2, 0.25) is 0 Å². The summed E-state index contributed by atoms with van der Waals surface area (Å²) in [5, 5.41) is 2.75. The number of hydrogen-bond acceptors (Lipinski definition) is 0. The summed E-state index contributed by atoms with van der Waals surface area (Å²) in [4.78, 5) is 0. The second kappa shape index (κ2) is 5.37. The molecule has 3 aliphatic rings. The summed E-state index contributed by atoms with van der Waals surface area (Å²) in [6, 6.07) is 16.0. The fraction of sp³-hybridized carbons (Fsp3) is 0.391. The molecule has 2 aromatic carbocycles. The van der Waals surface area contributed by atoms with Gasteiger partial charge in [0.05, 0.1) is 0 Å². The molecule has 0 nitrogen and oxygen atoms in total. The Morgan fingerprint density at radius 1 is 0.696 bits per heavy atom. The van der Waals surface area contributed by atoms with Crippen molar-refractivity contribution in [3.8, 4) is 0 Å². The summed E-state index contributed by atoms with van der Waals surface area (Å²) < 4.78 is 0. The number of allylic oxidation sites excluding steroid dienone is 4. The zero-order chi connectivity index (χ0) is 15.2. The van der Waals surface area contributed by atoms with Crippen LogP contribution in [0.25, 0.3) is 10.8 Å². The molecule has 0 saturated heterocycles. The highest BCUT2D eigenvalue weighted by Gasteiger charge is 2.49. The lowest BCUT2D eigenvalue weighted by Crippen LogP contribution is -2.19. The summed E-state index contributed by atoms with van der Waals surface area (Å²) in [5.41, 5.74) is 1.56. The van der Waals surface area contributed by atoms with E-state index in [4.69, 9.17) is 0 Å². The van der Waals surface area contributed by atoms with E-state index in [-0.39, 0.29) is 0 Å². The lowest BCUT2D eigenvalue weighted by Gasteiger charge is -2.28. The Labute approximate surface area is 138 Å². The summed E-state index contributed by atoms with van der Waals surface area (Å²) in [6.07, 6.45) is 15.4. The van der Waals surface area contributed by atoms with Gasteiger partial charge in [-0.25, -0.2) is 0 Å².